The molecule has 1 aromatic rings. The Balaban J connectivity index is 0. The second-order valence-electron chi connectivity index (χ2n) is 2.13. The van der Waals surface area contributed by atoms with Gasteiger partial charge in [0.1, 0.15) is 5.82 Å². The Hall–Kier alpha value is -1.55. The summed E-state index contributed by atoms with van der Waals surface area (Å²) < 4.78 is 0. The van der Waals surface area contributed by atoms with Crippen LogP contribution in [0.2, 0.25) is 0 Å². The predicted octanol–water partition coefficient (Wildman–Crippen LogP) is 0.451. The number of aliphatic hydroxyl groups excluding tert-OH is 1. The van der Waals surface area contributed by atoms with E-state index in [9.17, 15) is 4.79 Å². The van der Waals surface area contributed by atoms with E-state index in [-0.39, 0.29) is 17.9 Å². The maximum Gasteiger partial charge on any atom is 0.208 e. The molecule has 4 N–H and O–H groups in total. The predicted molar refractivity (Wildman–Crippen MR) is 56.4 cm³/mol. The van der Waals surface area contributed by atoms with Crippen molar-refractivity contribution in [2.24, 2.45) is 0 Å². The van der Waals surface area contributed by atoms with Gasteiger partial charge < -0.3 is 15.9 Å². The first-order valence-electron chi connectivity index (χ1n) is 3.36. The van der Waals surface area contributed by atoms with Gasteiger partial charge in [0.2, 0.25) is 5.76 Å². The Morgan fingerprint density at radius 1 is 1.64 bits per heavy atom. The molecule has 0 aliphatic carbocycles. The van der Waals surface area contributed by atoms with Crippen molar-refractivity contribution in [2.45, 2.75) is 0 Å². The Bertz CT molecular complexity index is 337. The molecule has 1 aromatic heterocycles. The van der Waals surface area contributed by atoms with Gasteiger partial charge in [-0.3, -0.25) is 0 Å². The lowest BCUT2D eigenvalue weighted by atomic mass is 10.2. The number of pyridine rings is 1. The minimum absolute atomic E-state index is 0. The molecule has 5 nitrogen and oxygen atoms in total. The van der Waals surface area contributed by atoms with Gasteiger partial charge in [0.15, 0.2) is 5.94 Å². The van der Waals surface area contributed by atoms with Crippen LogP contribution in [0.15, 0.2) is 18.3 Å². The molecule has 0 bridgehead atoms. The van der Waals surface area contributed by atoms with Gasteiger partial charge in [-0.2, -0.15) is 0 Å². The largest absolute Gasteiger partial charge is 0.499 e. The quantitative estimate of drug-likeness (QED) is 0.557. The Morgan fingerprint density at radius 3 is 2.79 bits per heavy atom. The van der Waals surface area contributed by atoms with E-state index in [4.69, 9.17) is 5.11 Å². The van der Waals surface area contributed by atoms with Crippen LogP contribution in [0.3, 0.4) is 0 Å². The SMILES string of the molecule is CNc1cc(C(O)=C=O)ccn1.Cl.O. The number of aromatic nitrogens is 1. The third-order valence-corrected chi connectivity index (χ3v) is 1.39. The van der Waals surface area contributed by atoms with Crippen molar-refractivity contribution in [3.05, 3.63) is 23.9 Å². The van der Waals surface area contributed by atoms with Crippen molar-refractivity contribution in [1.82, 2.24) is 4.98 Å². The van der Waals surface area contributed by atoms with Crippen LogP contribution in [0.1, 0.15) is 5.56 Å². The zero-order valence-electron chi connectivity index (χ0n) is 7.44. The Kier molecular flexibility index (Phi) is 7.38. The normalized spacial score (nSPS) is 7.50. The van der Waals surface area contributed by atoms with Crippen LogP contribution in [-0.4, -0.2) is 28.6 Å². The highest BCUT2D eigenvalue weighted by Crippen LogP contribution is 2.11. The van der Waals surface area contributed by atoms with Gasteiger partial charge >= 0.3 is 0 Å². The first kappa shape index (κ1) is 14.9. The summed E-state index contributed by atoms with van der Waals surface area (Å²) in [5, 5.41) is 11.8. The van der Waals surface area contributed by atoms with Gasteiger partial charge in [-0.1, -0.05) is 0 Å². The Labute approximate surface area is 87.2 Å². The van der Waals surface area contributed by atoms with Crippen molar-refractivity contribution in [3.63, 3.8) is 0 Å². The minimum Gasteiger partial charge on any atom is -0.499 e. The number of nitrogens with one attached hydrogen (secondary N) is 1. The summed E-state index contributed by atoms with van der Waals surface area (Å²) in [6, 6.07) is 3.08. The fourth-order valence-electron chi connectivity index (χ4n) is 0.773. The molecule has 0 fully saturated rings. The van der Waals surface area contributed by atoms with Gasteiger partial charge in [-0.05, 0) is 12.1 Å². The van der Waals surface area contributed by atoms with Crippen molar-refractivity contribution >= 4 is 29.9 Å². The van der Waals surface area contributed by atoms with Crippen LogP contribution in [0.4, 0.5) is 5.82 Å². The second-order valence-corrected chi connectivity index (χ2v) is 2.13. The van der Waals surface area contributed by atoms with Crippen LogP contribution < -0.4 is 5.32 Å². The zero-order chi connectivity index (χ0) is 8.97. The molecule has 0 aliphatic heterocycles. The number of carbonyl (C=O) groups excluding carboxylic acids is 1. The molecule has 0 atom stereocenters. The number of hydrogen-bond donors (Lipinski definition) is 2. The van der Waals surface area contributed by atoms with Gasteiger partial charge in [0, 0.05) is 18.8 Å². The van der Waals surface area contributed by atoms with Crippen molar-refractivity contribution in [2.75, 3.05) is 12.4 Å². The van der Waals surface area contributed by atoms with Crippen molar-refractivity contribution in [1.29, 1.82) is 0 Å². The van der Waals surface area contributed by atoms with Gasteiger partial charge in [0.05, 0.1) is 0 Å². The summed E-state index contributed by atoms with van der Waals surface area (Å²) in [6.07, 6.45) is 1.49. The maximum atomic E-state index is 10.1. The lowest BCUT2D eigenvalue weighted by molar-refractivity contribution is 0.503. The van der Waals surface area contributed by atoms with Gasteiger partial charge in [-0.15, -0.1) is 12.4 Å². The molecule has 6 heteroatoms. The average Bonchev–Trinajstić information content (AvgIpc) is 2.17. The third kappa shape index (κ3) is 3.45. The summed E-state index contributed by atoms with van der Waals surface area (Å²) in [5.74, 6) is 1.58. The lowest BCUT2D eigenvalue weighted by Gasteiger charge is -1.99. The van der Waals surface area contributed by atoms with Crippen molar-refractivity contribution in [3.8, 4) is 0 Å². The monoisotopic (exact) mass is 218 g/mol. The molecular formula is C8H11ClN2O3. The molecule has 0 spiro atoms. The summed E-state index contributed by atoms with van der Waals surface area (Å²) in [6.45, 7) is 0. The van der Waals surface area contributed by atoms with E-state index in [0.29, 0.717) is 11.4 Å². The fraction of sp³-hybridized carbons (Fsp3) is 0.125. The van der Waals surface area contributed by atoms with E-state index in [1.807, 2.05) is 0 Å². The van der Waals surface area contributed by atoms with Gasteiger partial charge in [-0.25, -0.2) is 9.78 Å². The van der Waals surface area contributed by atoms with E-state index in [1.165, 1.54) is 18.2 Å². The highest BCUT2D eigenvalue weighted by atomic mass is 35.5. The first-order valence-corrected chi connectivity index (χ1v) is 3.36. The lowest BCUT2D eigenvalue weighted by Crippen LogP contribution is -1.93. The summed E-state index contributed by atoms with van der Waals surface area (Å²) in [5.41, 5.74) is 0.407. The van der Waals surface area contributed by atoms with Gasteiger partial charge in [0.25, 0.3) is 0 Å². The van der Waals surface area contributed by atoms with E-state index in [1.54, 1.807) is 13.1 Å². The molecule has 0 saturated heterocycles. The summed E-state index contributed by atoms with van der Waals surface area (Å²) in [7, 11) is 1.70. The molecular weight excluding hydrogens is 208 g/mol. The second kappa shape index (κ2) is 6.91. The third-order valence-electron chi connectivity index (χ3n) is 1.39. The van der Waals surface area contributed by atoms with Crippen LogP contribution >= 0.6 is 12.4 Å². The van der Waals surface area contributed by atoms with Crippen LogP contribution in [0, 0.1) is 0 Å². The number of rotatable bonds is 2. The molecule has 0 radical (unpaired) electrons. The van der Waals surface area contributed by atoms with Crippen molar-refractivity contribution < 1.29 is 15.4 Å². The zero-order valence-corrected chi connectivity index (χ0v) is 8.26. The smallest absolute Gasteiger partial charge is 0.208 e. The molecule has 0 amide bonds. The van der Waals surface area contributed by atoms with E-state index in [0.717, 1.165) is 0 Å². The molecule has 0 aliphatic rings. The highest BCUT2D eigenvalue weighted by Gasteiger charge is 1.99. The average molecular weight is 219 g/mol. The molecule has 78 valence electrons. The number of nitrogens with zero attached hydrogens (tertiary/aromatic N) is 1. The number of hydrogen-bond acceptors (Lipinski definition) is 4. The fourth-order valence-corrected chi connectivity index (χ4v) is 0.773. The summed E-state index contributed by atoms with van der Waals surface area (Å²) >= 11 is 0. The maximum absolute atomic E-state index is 10.1. The molecule has 0 aromatic carbocycles. The first-order chi connectivity index (χ1) is 5.77. The molecule has 0 saturated carbocycles. The van der Waals surface area contributed by atoms with Crippen LogP contribution in [0.25, 0.3) is 5.76 Å². The molecule has 0 unspecified atom stereocenters. The Morgan fingerprint density at radius 2 is 2.29 bits per heavy atom. The van der Waals surface area contributed by atoms with E-state index in [2.05, 4.69) is 10.3 Å². The number of anilines is 1. The topological polar surface area (TPSA) is 93.7 Å². The molecule has 1 heterocycles. The van der Waals surface area contributed by atoms with E-state index < -0.39 is 5.76 Å². The standard InChI is InChI=1S/C8H8N2O2.ClH.H2O/c1-9-8-4-6(2-3-10-8)7(12)5-11;;/h2-4,12H,1H3,(H,9,10);1H;1H2. The summed E-state index contributed by atoms with van der Waals surface area (Å²) in [4.78, 5) is 14.0. The highest BCUT2D eigenvalue weighted by molar-refractivity contribution is 5.85. The number of halogens is 1. The van der Waals surface area contributed by atoms with Crippen LogP contribution in [-0.2, 0) is 4.79 Å². The number of aliphatic hydroxyl groups is 1. The van der Waals surface area contributed by atoms with Crippen LogP contribution in [0.5, 0.6) is 0 Å². The molecule has 1 rings (SSSR count). The van der Waals surface area contributed by atoms with E-state index >= 15 is 0 Å². The minimum atomic E-state index is -0.408. The molecule has 14 heavy (non-hydrogen) atoms.